The normalized spacial score (nSPS) is 11.7. The van der Waals surface area contributed by atoms with E-state index in [1.807, 2.05) is 38.1 Å². The van der Waals surface area contributed by atoms with Gasteiger partial charge in [0, 0.05) is 16.6 Å². The minimum absolute atomic E-state index is 0.0791. The number of halogens is 1. The zero-order valence-electron chi connectivity index (χ0n) is 16.3. The lowest BCUT2D eigenvalue weighted by molar-refractivity contribution is 0.598. The van der Waals surface area contributed by atoms with Crippen molar-refractivity contribution in [2.75, 3.05) is 5.32 Å². The van der Waals surface area contributed by atoms with Crippen LogP contribution in [-0.2, 0) is 16.6 Å². The molecule has 2 heterocycles. The first-order chi connectivity index (χ1) is 14.2. The first kappa shape index (κ1) is 20.5. The zero-order chi connectivity index (χ0) is 21.5. The Morgan fingerprint density at radius 2 is 1.70 bits per heavy atom. The topological polar surface area (TPSA) is 115 Å². The summed E-state index contributed by atoms with van der Waals surface area (Å²) in [6.45, 7) is 4.26. The van der Waals surface area contributed by atoms with E-state index < -0.39 is 10.0 Å². The van der Waals surface area contributed by atoms with Gasteiger partial charge in [-0.25, -0.2) is 28.0 Å². The molecule has 0 radical (unpaired) electrons. The summed E-state index contributed by atoms with van der Waals surface area (Å²) in [7, 11) is -3.71. The van der Waals surface area contributed by atoms with E-state index in [2.05, 4.69) is 31.3 Å². The molecule has 3 N–H and O–H groups in total. The van der Waals surface area contributed by atoms with Crippen molar-refractivity contribution in [1.82, 2.24) is 19.6 Å². The second-order valence-corrected chi connectivity index (χ2v) is 9.32. The number of nitrogens with one attached hydrogen (secondary N) is 1. The number of imidazole rings is 1. The Bertz CT molecular complexity index is 1330. The molecule has 0 amide bonds. The molecule has 0 saturated carbocycles. The number of anilines is 1. The minimum atomic E-state index is -3.71. The van der Waals surface area contributed by atoms with Crippen molar-refractivity contribution in [3.8, 4) is 11.4 Å². The second kappa shape index (κ2) is 7.78. The van der Waals surface area contributed by atoms with Crippen LogP contribution in [0.4, 0.5) is 5.82 Å². The summed E-state index contributed by atoms with van der Waals surface area (Å²) in [6, 6.07) is 14.2. The lowest BCUT2D eigenvalue weighted by atomic mass is 10.2. The highest BCUT2D eigenvalue weighted by Gasteiger charge is 2.15. The largest absolute Gasteiger partial charge is 0.364 e. The molecule has 0 unspecified atom stereocenters. The Morgan fingerprint density at radius 1 is 1.03 bits per heavy atom. The average Bonchev–Trinajstić information content (AvgIpc) is 3.00. The Balaban J connectivity index is 1.71. The summed E-state index contributed by atoms with van der Waals surface area (Å²) < 4.78 is 25.6. The van der Waals surface area contributed by atoms with E-state index in [1.165, 1.54) is 12.1 Å². The lowest BCUT2D eigenvalue weighted by Gasteiger charge is -2.11. The van der Waals surface area contributed by atoms with Crippen LogP contribution >= 0.6 is 15.9 Å². The number of primary sulfonamides is 1. The van der Waals surface area contributed by atoms with Crippen LogP contribution in [0.25, 0.3) is 16.9 Å². The third kappa shape index (κ3) is 4.07. The molecule has 2 aromatic heterocycles. The van der Waals surface area contributed by atoms with Crippen LogP contribution in [0.2, 0.25) is 0 Å². The van der Waals surface area contributed by atoms with Gasteiger partial charge in [0.05, 0.1) is 10.6 Å². The van der Waals surface area contributed by atoms with Crippen molar-refractivity contribution in [3.05, 3.63) is 70.1 Å². The van der Waals surface area contributed by atoms with Crippen molar-refractivity contribution in [1.29, 1.82) is 0 Å². The number of benzene rings is 2. The van der Waals surface area contributed by atoms with E-state index in [0.717, 1.165) is 32.6 Å². The fourth-order valence-electron chi connectivity index (χ4n) is 3.16. The SMILES string of the molecule is Cc1nc(C)n2nc(-c3ccc(Br)cc3)nc(NCc3ccc(S(N)(=O)=O)cc3)c12. The third-order valence-electron chi connectivity index (χ3n) is 4.64. The molecule has 4 rings (SSSR count). The van der Waals surface area contributed by atoms with Crippen LogP contribution in [0.3, 0.4) is 0 Å². The Hall–Kier alpha value is -2.82. The molecule has 4 aromatic rings. The highest BCUT2D eigenvalue weighted by atomic mass is 79.9. The quantitative estimate of drug-likeness (QED) is 0.446. The van der Waals surface area contributed by atoms with Gasteiger partial charge in [-0.3, -0.25) is 0 Å². The number of aryl methyl sites for hydroxylation is 2. The standard InChI is InChI=1S/C20H19BrN6O2S/c1-12-18-20(23-11-14-3-9-17(10-4-14)30(22,28)29)25-19(26-27(18)13(2)24-12)15-5-7-16(21)8-6-15/h3-10H,11H2,1-2H3,(H2,22,28,29)(H,23,25,26). The maximum Gasteiger partial charge on any atom is 0.238 e. The van der Waals surface area contributed by atoms with Gasteiger partial charge in [-0.05, 0) is 43.7 Å². The van der Waals surface area contributed by atoms with Gasteiger partial charge in [0.1, 0.15) is 11.3 Å². The summed E-state index contributed by atoms with van der Waals surface area (Å²) >= 11 is 3.44. The lowest BCUT2D eigenvalue weighted by Crippen LogP contribution is -2.12. The van der Waals surface area contributed by atoms with Crippen molar-refractivity contribution < 1.29 is 8.42 Å². The number of hydrogen-bond acceptors (Lipinski definition) is 6. The van der Waals surface area contributed by atoms with Crippen LogP contribution in [0.1, 0.15) is 17.1 Å². The molecule has 0 aliphatic rings. The van der Waals surface area contributed by atoms with Crippen molar-refractivity contribution in [2.24, 2.45) is 5.14 Å². The van der Waals surface area contributed by atoms with Gasteiger partial charge >= 0.3 is 0 Å². The number of sulfonamides is 1. The molecule has 2 aromatic carbocycles. The Kier molecular flexibility index (Phi) is 5.31. The second-order valence-electron chi connectivity index (χ2n) is 6.84. The number of rotatable bonds is 5. The predicted molar refractivity (Wildman–Crippen MR) is 119 cm³/mol. The van der Waals surface area contributed by atoms with Gasteiger partial charge in [-0.2, -0.15) is 0 Å². The maximum atomic E-state index is 11.4. The van der Waals surface area contributed by atoms with E-state index in [0.29, 0.717) is 18.2 Å². The monoisotopic (exact) mass is 486 g/mol. The van der Waals surface area contributed by atoms with Gasteiger partial charge in [0.25, 0.3) is 0 Å². The number of aromatic nitrogens is 4. The first-order valence-electron chi connectivity index (χ1n) is 9.08. The molecule has 0 atom stereocenters. The van der Waals surface area contributed by atoms with E-state index in [9.17, 15) is 8.42 Å². The van der Waals surface area contributed by atoms with Gasteiger partial charge in [-0.1, -0.05) is 40.2 Å². The minimum Gasteiger partial charge on any atom is -0.364 e. The van der Waals surface area contributed by atoms with Gasteiger partial charge < -0.3 is 5.32 Å². The molecule has 30 heavy (non-hydrogen) atoms. The molecular weight excluding hydrogens is 468 g/mol. The molecule has 154 valence electrons. The molecular formula is C20H19BrN6O2S. The molecule has 0 aliphatic carbocycles. The summed E-state index contributed by atoms with van der Waals surface area (Å²) in [5.41, 5.74) is 3.39. The van der Waals surface area contributed by atoms with Crippen molar-refractivity contribution >= 4 is 37.3 Å². The molecule has 0 fully saturated rings. The van der Waals surface area contributed by atoms with Gasteiger partial charge in [0.2, 0.25) is 10.0 Å². The number of nitrogens with zero attached hydrogens (tertiary/aromatic N) is 4. The smallest absolute Gasteiger partial charge is 0.238 e. The number of fused-ring (bicyclic) bond motifs is 1. The fourth-order valence-corrected chi connectivity index (χ4v) is 3.94. The third-order valence-corrected chi connectivity index (χ3v) is 6.10. The number of nitrogens with two attached hydrogens (primary N) is 1. The summed E-state index contributed by atoms with van der Waals surface area (Å²) in [5.74, 6) is 1.99. The van der Waals surface area contributed by atoms with Crippen LogP contribution in [-0.4, -0.2) is 28.0 Å². The van der Waals surface area contributed by atoms with E-state index in [-0.39, 0.29) is 4.90 Å². The van der Waals surface area contributed by atoms with E-state index in [4.69, 9.17) is 10.1 Å². The van der Waals surface area contributed by atoms with Crippen LogP contribution in [0.5, 0.6) is 0 Å². The van der Waals surface area contributed by atoms with Gasteiger partial charge in [0.15, 0.2) is 11.6 Å². The van der Waals surface area contributed by atoms with Crippen molar-refractivity contribution in [3.63, 3.8) is 0 Å². The van der Waals surface area contributed by atoms with Crippen LogP contribution < -0.4 is 10.5 Å². The predicted octanol–water partition coefficient (Wildman–Crippen LogP) is 3.43. The van der Waals surface area contributed by atoms with Crippen LogP contribution in [0, 0.1) is 13.8 Å². The Morgan fingerprint density at radius 3 is 2.33 bits per heavy atom. The van der Waals surface area contributed by atoms with E-state index >= 15 is 0 Å². The average molecular weight is 487 g/mol. The first-order valence-corrected chi connectivity index (χ1v) is 11.4. The maximum absolute atomic E-state index is 11.4. The Labute approximate surface area is 182 Å². The zero-order valence-corrected chi connectivity index (χ0v) is 18.7. The van der Waals surface area contributed by atoms with Crippen molar-refractivity contribution in [2.45, 2.75) is 25.3 Å². The molecule has 8 nitrogen and oxygen atoms in total. The van der Waals surface area contributed by atoms with E-state index in [1.54, 1.807) is 16.6 Å². The highest BCUT2D eigenvalue weighted by molar-refractivity contribution is 9.10. The molecule has 0 spiro atoms. The molecule has 10 heteroatoms. The molecule has 0 aliphatic heterocycles. The van der Waals surface area contributed by atoms with Crippen LogP contribution in [0.15, 0.2) is 57.9 Å². The van der Waals surface area contributed by atoms with Gasteiger partial charge in [-0.15, -0.1) is 5.10 Å². The summed E-state index contributed by atoms with van der Waals surface area (Å²) in [5, 5.41) is 13.2. The molecule has 0 bridgehead atoms. The fraction of sp³-hybridized carbons (Fsp3) is 0.150. The summed E-state index contributed by atoms with van der Waals surface area (Å²) in [4.78, 5) is 9.34. The number of hydrogen-bond donors (Lipinski definition) is 2. The highest BCUT2D eigenvalue weighted by Crippen LogP contribution is 2.25. The summed E-state index contributed by atoms with van der Waals surface area (Å²) in [6.07, 6.45) is 0. The molecule has 0 saturated heterocycles.